The van der Waals surface area contributed by atoms with Crippen LogP contribution in [-0.4, -0.2) is 12.9 Å². The van der Waals surface area contributed by atoms with Crippen molar-refractivity contribution in [2.45, 2.75) is 32.1 Å². The summed E-state index contributed by atoms with van der Waals surface area (Å²) in [5.74, 6) is 1.94. The first-order valence-electron chi connectivity index (χ1n) is 7.04. The normalized spacial score (nSPS) is 28.6. The van der Waals surface area contributed by atoms with Crippen LogP contribution >= 0.6 is 0 Å². The van der Waals surface area contributed by atoms with Gasteiger partial charge in [-0.2, -0.15) is 0 Å². The smallest absolute Gasteiger partial charge is 0.166 e. The van der Waals surface area contributed by atoms with Gasteiger partial charge in [-0.1, -0.05) is 6.42 Å². The zero-order chi connectivity index (χ0) is 13.4. The molecule has 0 spiro atoms. The van der Waals surface area contributed by atoms with E-state index in [0.29, 0.717) is 24.0 Å². The summed E-state index contributed by atoms with van der Waals surface area (Å²) in [6.07, 6.45) is 5.53. The van der Waals surface area contributed by atoms with Crippen LogP contribution in [0, 0.1) is 23.6 Å². The van der Waals surface area contributed by atoms with Gasteiger partial charge in [0.05, 0.1) is 12.7 Å². The molecule has 19 heavy (non-hydrogen) atoms. The topological polar surface area (TPSA) is 26.3 Å². The summed E-state index contributed by atoms with van der Waals surface area (Å²) in [5.41, 5.74) is 0.212. The quantitative estimate of drug-likeness (QED) is 0.770. The fourth-order valence-electron chi connectivity index (χ4n) is 3.82. The Labute approximate surface area is 113 Å². The largest absolute Gasteiger partial charge is 0.497 e. The molecule has 2 aliphatic carbocycles. The molecule has 3 heteroatoms. The van der Waals surface area contributed by atoms with E-state index in [1.54, 1.807) is 12.1 Å². The molecule has 0 radical (unpaired) electrons. The molecule has 3 rings (SSSR count). The monoisotopic (exact) mass is 262 g/mol. The lowest BCUT2D eigenvalue weighted by Crippen LogP contribution is -2.16. The molecule has 2 nitrogen and oxygen atoms in total. The molecule has 0 amide bonds. The SMILES string of the molecule is COc1ccc(C(=O)CC2CC3CCC2C3)c(F)c1. The molecule has 2 aliphatic rings. The van der Waals surface area contributed by atoms with Gasteiger partial charge in [-0.25, -0.2) is 4.39 Å². The van der Waals surface area contributed by atoms with Crippen LogP contribution in [0.15, 0.2) is 18.2 Å². The first-order chi connectivity index (χ1) is 9.17. The number of Topliss-reactive ketones (excluding diaryl/α,β-unsaturated/α-hetero) is 1. The van der Waals surface area contributed by atoms with E-state index >= 15 is 0 Å². The summed E-state index contributed by atoms with van der Waals surface area (Å²) in [6, 6.07) is 4.48. The minimum absolute atomic E-state index is 0.0577. The van der Waals surface area contributed by atoms with E-state index in [9.17, 15) is 9.18 Å². The number of ether oxygens (including phenoxy) is 1. The predicted molar refractivity (Wildman–Crippen MR) is 70.8 cm³/mol. The van der Waals surface area contributed by atoms with Gasteiger partial charge in [0.1, 0.15) is 11.6 Å². The van der Waals surface area contributed by atoms with Crippen molar-refractivity contribution in [1.82, 2.24) is 0 Å². The summed E-state index contributed by atoms with van der Waals surface area (Å²) in [6.45, 7) is 0. The van der Waals surface area contributed by atoms with E-state index in [1.807, 2.05) is 0 Å². The van der Waals surface area contributed by atoms with Gasteiger partial charge in [0.2, 0.25) is 0 Å². The molecule has 0 saturated heterocycles. The summed E-state index contributed by atoms with van der Waals surface area (Å²) >= 11 is 0. The van der Waals surface area contributed by atoms with Crippen LogP contribution < -0.4 is 4.74 Å². The number of carbonyl (C=O) groups excluding carboxylic acids is 1. The number of ketones is 1. The van der Waals surface area contributed by atoms with Crippen molar-refractivity contribution in [3.8, 4) is 5.75 Å². The lowest BCUT2D eigenvalue weighted by Gasteiger charge is -2.20. The minimum atomic E-state index is -0.465. The van der Waals surface area contributed by atoms with Gasteiger partial charge in [-0.3, -0.25) is 4.79 Å². The third kappa shape index (κ3) is 2.38. The van der Waals surface area contributed by atoms with E-state index in [1.165, 1.54) is 32.4 Å². The zero-order valence-electron chi connectivity index (χ0n) is 11.2. The molecule has 0 N–H and O–H groups in total. The number of halogens is 1. The number of methoxy groups -OCH3 is 1. The maximum absolute atomic E-state index is 13.8. The summed E-state index contributed by atoms with van der Waals surface area (Å²) in [5, 5.41) is 0. The van der Waals surface area contributed by atoms with Gasteiger partial charge in [-0.15, -0.1) is 0 Å². The molecule has 1 aromatic carbocycles. The second-order valence-electron chi connectivity index (χ2n) is 5.91. The molecule has 3 unspecified atom stereocenters. The lowest BCUT2D eigenvalue weighted by molar-refractivity contribution is 0.0940. The predicted octanol–water partition coefficient (Wildman–Crippen LogP) is 3.84. The Bertz CT molecular complexity index is 498. The molecule has 2 bridgehead atoms. The van der Waals surface area contributed by atoms with E-state index in [2.05, 4.69) is 0 Å². The third-order valence-electron chi connectivity index (χ3n) is 4.81. The van der Waals surface area contributed by atoms with Crippen LogP contribution in [0.3, 0.4) is 0 Å². The van der Waals surface area contributed by atoms with Gasteiger partial charge >= 0.3 is 0 Å². The van der Waals surface area contributed by atoms with Crippen LogP contribution in [0.1, 0.15) is 42.5 Å². The molecule has 2 saturated carbocycles. The summed E-state index contributed by atoms with van der Waals surface area (Å²) in [7, 11) is 1.49. The molecule has 1 aromatic rings. The van der Waals surface area contributed by atoms with Crippen molar-refractivity contribution >= 4 is 5.78 Å². The Hall–Kier alpha value is -1.38. The molecule has 3 atom stereocenters. The van der Waals surface area contributed by atoms with Crippen LogP contribution in [0.2, 0.25) is 0 Å². The molecular weight excluding hydrogens is 243 g/mol. The standard InChI is InChI=1S/C16H19FO2/c1-19-13-4-5-14(15(17)9-13)16(18)8-12-7-10-2-3-11(12)6-10/h4-5,9-12H,2-3,6-8H2,1H3. The first-order valence-corrected chi connectivity index (χ1v) is 7.04. The average molecular weight is 262 g/mol. The van der Waals surface area contributed by atoms with E-state index in [4.69, 9.17) is 4.74 Å². The second-order valence-corrected chi connectivity index (χ2v) is 5.91. The number of rotatable bonds is 4. The lowest BCUT2D eigenvalue weighted by atomic mass is 9.84. The van der Waals surface area contributed by atoms with Crippen molar-refractivity contribution in [3.63, 3.8) is 0 Å². The van der Waals surface area contributed by atoms with Crippen LogP contribution in [0.4, 0.5) is 4.39 Å². The van der Waals surface area contributed by atoms with E-state index in [0.717, 1.165) is 12.3 Å². The summed E-state index contributed by atoms with van der Waals surface area (Å²) in [4.78, 5) is 12.2. The Morgan fingerprint density at radius 2 is 2.21 bits per heavy atom. The van der Waals surface area contributed by atoms with Crippen molar-refractivity contribution in [3.05, 3.63) is 29.6 Å². The van der Waals surface area contributed by atoms with Crippen LogP contribution in [-0.2, 0) is 0 Å². The van der Waals surface area contributed by atoms with Gasteiger partial charge < -0.3 is 4.74 Å². The van der Waals surface area contributed by atoms with Crippen molar-refractivity contribution in [1.29, 1.82) is 0 Å². The maximum Gasteiger partial charge on any atom is 0.166 e. The highest BCUT2D eigenvalue weighted by molar-refractivity contribution is 5.96. The number of benzene rings is 1. The third-order valence-corrected chi connectivity index (χ3v) is 4.81. The Balaban J connectivity index is 1.70. The fraction of sp³-hybridized carbons (Fsp3) is 0.562. The second kappa shape index (κ2) is 4.95. The van der Waals surface area contributed by atoms with Crippen LogP contribution in [0.5, 0.6) is 5.75 Å². The zero-order valence-corrected chi connectivity index (χ0v) is 11.2. The number of hydrogen-bond acceptors (Lipinski definition) is 2. The highest BCUT2D eigenvalue weighted by atomic mass is 19.1. The molecular formula is C16H19FO2. The maximum atomic E-state index is 13.8. The molecule has 0 aliphatic heterocycles. The van der Waals surface area contributed by atoms with E-state index in [-0.39, 0.29) is 11.3 Å². The highest BCUT2D eigenvalue weighted by Crippen LogP contribution is 2.49. The Morgan fingerprint density at radius 3 is 2.79 bits per heavy atom. The van der Waals surface area contributed by atoms with Gasteiger partial charge in [-0.05, 0) is 49.1 Å². The van der Waals surface area contributed by atoms with Crippen LogP contribution in [0.25, 0.3) is 0 Å². The van der Waals surface area contributed by atoms with Gasteiger partial charge in [0.15, 0.2) is 5.78 Å². The minimum Gasteiger partial charge on any atom is -0.497 e. The van der Waals surface area contributed by atoms with Crippen molar-refractivity contribution < 1.29 is 13.9 Å². The molecule has 0 aromatic heterocycles. The first kappa shape index (κ1) is 12.6. The molecule has 2 fully saturated rings. The Morgan fingerprint density at radius 1 is 1.37 bits per heavy atom. The fourth-order valence-corrected chi connectivity index (χ4v) is 3.82. The number of hydrogen-bond donors (Lipinski definition) is 0. The van der Waals surface area contributed by atoms with Crippen molar-refractivity contribution in [2.24, 2.45) is 17.8 Å². The Kier molecular flexibility index (Phi) is 3.29. The molecule has 102 valence electrons. The molecule has 0 heterocycles. The highest BCUT2D eigenvalue weighted by Gasteiger charge is 2.40. The van der Waals surface area contributed by atoms with Crippen molar-refractivity contribution in [2.75, 3.05) is 7.11 Å². The average Bonchev–Trinajstić information content (AvgIpc) is 3.00. The van der Waals surface area contributed by atoms with Gasteiger partial charge in [0, 0.05) is 12.5 Å². The van der Waals surface area contributed by atoms with Gasteiger partial charge in [0.25, 0.3) is 0 Å². The number of carbonyl (C=O) groups is 1. The summed E-state index contributed by atoms with van der Waals surface area (Å²) < 4.78 is 18.8. The van der Waals surface area contributed by atoms with E-state index < -0.39 is 5.82 Å². The number of fused-ring (bicyclic) bond motifs is 2.